The van der Waals surface area contributed by atoms with E-state index >= 15 is 0 Å². The molecule has 0 atom stereocenters. The number of hydrogen-bond donors (Lipinski definition) is 0. The summed E-state index contributed by atoms with van der Waals surface area (Å²) in [6.45, 7) is 1.72. The van der Waals surface area contributed by atoms with Gasteiger partial charge < -0.3 is 14.0 Å². The Morgan fingerprint density at radius 3 is 2.73 bits per heavy atom. The number of nitriles is 1. The summed E-state index contributed by atoms with van der Waals surface area (Å²) in [6.07, 6.45) is 1.78. The van der Waals surface area contributed by atoms with E-state index in [1.165, 1.54) is 0 Å². The van der Waals surface area contributed by atoms with Gasteiger partial charge in [0.1, 0.15) is 13.2 Å². The minimum atomic E-state index is 0.559. The highest BCUT2D eigenvalue weighted by molar-refractivity contribution is 5.80. The first kappa shape index (κ1) is 12.7. The molecule has 2 aromatic carbocycles. The van der Waals surface area contributed by atoms with Crippen LogP contribution in [-0.4, -0.2) is 22.8 Å². The Balaban J connectivity index is 1.78. The first-order chi connectivity index (χ1) is 10.8. The molecule has 0 saturated heterocycles. The summed E-state index contributed by atoms with van der Waals surface area (Å²) in [4.78, 5) is 4.42. The Morgan fingerprint density at radius 1 is 1.14 bits per heavy atom. The van der Waals surface area contributed by atoms with E-state index in [1.807, 2.05) is 41.0 Å². The van der Waals surface area contributed by atoms with Crippen molar-refractivity contribution < 1.29 is 9.47 Å². The van der Waals surface area contributed by atoms with Crippen molar-refractivity contribution in [2.75, 3.05) is 13.2 Å². The molecule has 1 aromatic heterocycles. The first-order valence-corrected chi connectivity index (χ1v) is 7.07. The topological polar surface area (TPSA) is 60.1 Å². The van der Waals surface area contributed by atoms with Gasteiger partial charge in [-0.3, -0.25) is 0 Å². The predicted octanol–water partition coefficient (Wildman–Crippen LogP) is 2.73. The molecule has 0 aliphatic carbocycles. The van der Waals surface area contributed by atoms with Gasteiger partial charge in [0.25, 0.3) is 0 Å². The van der Waals surface area contributed by atoms with Crippen molar-refractivity contribution >= 4 is 11.0 Å². The smallest absolute Gasteiger partial charge is 0.163 e. The number of rotatable bonds is 2. The van der Waals surface area contributed by atoms with Gasteiger partial charge >= 0.3 is 0 Å². The van der Waals surface area contributed by atoms with Crippen LogP contribution < -0.4 is 9.47 Å². The van der Waals surface area contributed by atoms with E-state index in [-0.39, 0.29) is 0 Å². The second-order valence-corrected chi connectivity index (χ2v) is 5.13. The second-order valence-electron chi connectivity index (χ2n) is 5.13. The van der Waals surface area contributed by atoms with Gasteiger partial charge in [0.05, 0.1) is 35.5 Å². The van der Waals surface area contributed by atoms with Crippen LogP contribution >= 0.6 is 0 Å². The van der Waals surface area contributed by atoms with E-state index in [4.69, 9.17) is 9.47 Å². The number of aromatic nitrogens is 2. The minimum absolute atomic E-state index is 0.559. The van der Waals surface area contributed by atoms with Crippen molar-refractivity contribution in [3.05, 3.63) is 53.9 Å². The van der Waals surface area contributed by atoms with Gasteiger partial charge in [-0.2, -0.15) is 5.26 Å². The van der Waals surface area contributed by atoms with Crippen LogP contribution in [0.1, 0.15) is 11.1 Å². The van der Waals surface area contributed by atoms with Crippen molar-refractivity contribution in [3.8, 4) is 17.6 Å². The zero-order chi connectivity index (χ0) is 14.9. The van der Waals surface area contributed by atoms with Crippen LogP contribution in [0.3, 0.4) is 0 Å². The van der Waals surface area contributed by atoms with E-state index in [1.54, 1.807) is 6.33 Å². The molecule has 0 saturated carbocycles. The molecule has 5 nitrogen and oxygen atoms in total. The lowest BCUT2D eigenvalue weighted by Gasteiger charge is -2.18. The average Bonchev–Trinajstić information content (AvgIpc) is 2.95. The largest absolute Gasteiger partial charge is 0.486 e. The van der Waals surface area contributed by atoms with Gasteiger partial charge in [0, 0.05) is 12.1 Å². The maximum absolute atomic E-state index is 9.21. The molecule has 3 aromatic rings. The van der Waals surface area contributed by atoms with E-state index in [0.717, 1.165) is 28.1 Å². The highest BCUT2D eigenvalue weighted by Gasteiger charge is 2.15. The van der Waals surface area contributed by atoms with Crippen molar-refractivity contribution in [3.63, 3.8) is 0 Å². The highest BCUT2D eigenvalue weighted by Crippen LogP contribution is 2.34. The molecular weight excluding hydrogens is 278 g/mol. The van der Waals surface area contributed by atoms with Gasteiger partial charge in [-0.25, -0.2) is 4.98 Å². The number of nitrogens with zero attached hydrogens (tertiary/aromatic N) is 3. The molecule has 0 unspecified atom stereocenters. The van der Waals surface area contributed by atoms with Gasteiger partial charge in [-0.05, 0) is 11.6 Å². The zero-order valence-corrected chi connectivity index (χ0v) is 11.8. The lowest BCUT2D eigenvalue weighted by molar-refractivity contribution is 0.172. The molecule has 2 heterocycles. The SMILES string of the molecule is N#Cc1ccccc1Cn1cnc2cc3c(cc21)OCCO3. The van der Waals surface area contributed by atoms with Gasteiger partial charge in [-0.15, -0.1) is 0 Å². The third kappa shape index (κ3) is 2.06. The second kappa shape index (κ2) is 5.08. The van der Waals surface area contributed by atoms with Crippen LogP contribution in [0, 0.1) is 11.3 Å². The molecule has 0 bridgehead atoms. The zero-order valence-electron chi connectivity index (χ0n) is 11.8. The maximum Gasteiger partial charge on any atom is 0.163 e. The van der Waals surface area contributed by atoms with Crippen LogP contribution in [-0.2, 0) is 6.54 Å². The molecule has 22 heavy (non-hydrogen) atoms. The Bertz CT molecular complexity index is 893. The number of imidazole rings is 1. The predicted molar refractivity (Wildman–Crippen MR) is 81.0 cm³/mol. The molecule has 1 aliphatic rings. The molecule has 5 heteroatoms. The quantitative estimate of drug-likeness (QED) is 0.728. The Kier molecular flexibility index (Phi) is 2.94. The minimum Gasteiger partial charge on any atom is -0.486 e. The van der Waals surface area contributed by atoms with Crippen molar-refractivity contribution in [2.45, 2.75) is 6.54 Å². The van der Waals surface area contributed by atoms with E-state index < -0.39 is 0 Å². The summed E-state index contributed by atoms with van der Waals surface area (Å²) < 4.78 is 13.2. The Labute approximate surface area is 127 Å². The van der Waals surface area contributed by atoms with Crippen LogP contribution in [0.15, 0.2) is 42.7 Å². The highest BCUT2D eigenvalue weighted by atomic mass is 16.6. The molecule has 0 fully saturated rings. The summed E-state index contributed by atoms with van der Waals surface area (Å²) in [6, 6.07) is 13.7. The summed E-state index contributed by atoms with van der Waals surface area (Å²) in [5.74, 6) is 1.48. The summed E-state index contributed by atoms with van der Waals surface area (Å²) >= 11 is 0. The van der Waals surface area contributed by atoms with E-state index in [0.29, 0.717) is 25.3 Å². The fourth-order valence-electron chi connectivity index (χ4n) is 2.67. The maximum atomic E-state index is 9.21. The number of fused-ring (bicyclic) bond motifs is 2. The number of ether oxygens (including phenoxy) is 2. The lowest BCUT2D eigenvalue weighted by atomic mass is 10.1. The van der Waals surface area contributed by atoms with Gasteiger partial charge in [0.15, 0.2) is 11.5 Å². The molecule has 1 aliphatic heterocycles. The normalized spacial score (nSPS) is 13.0. The summed E-state index contributed by atoms with van der Waals surface area (Å²) in [5, 5.41) is 9.21. The average molecular weight is 291 g/mol. The first-order valence-electron chi connectivity index (χ1n) is 7.07. The van der Waals surface area contributed by atoms with Crippen molar-refractivity contribution in [2.24, 2.45) is 0 Å². The van der Waals surface area contributed by atoms with Crippen LogP contribution in [0.4, 0.5) is 0 Å². The third-order valence-corrected chi connectivity index (χ3v) is 3.76. The molecule has 0 spiro atoms. The number of benzene rings is 2. The van der Waals surface area contributed by atoms with Crippen LogP contribution in [0.5, 0.6) is 11.5 Å². The fourth-order valence-corrected chi connectivity index (χ4v) is 2.67. The fraction of sp³-hybridized carbons (Fsp3) is 0.176. The van der Waals surface area contributed by atoms with Crippen molar-refractivity contribution in [1.29, 1.82) is 5.26 Å². The monoisotopic (exact) mass is 291 g/mol. The summed E-state index contributed by atoms with van der Waals surface area (Å²) in [5.41, 5.74) is 3.48. The standard InChI is InChI=1S/C17H13N3O2/c18-9-12-3-1-2-4-13(12)10-20-11-19-14-7-16-17(8-15(14)20)22-6-5-21-16/h1-4,7-8,11H,5-6,10H2. The van der Waals surface area contributed by atoms with Gasteiger partial charge in [-0.1, -0.05) is 18.2 Å². The van der Waals surface area contributed by atoms with Gasteiger partial charge in [0.2, 0.25) is 0 Å². The molecule has 0 N–H and O–H groups in total. The summed E-state index contributed by atoms with van der Waals surface area (Å²) in [7, 11) is 0. The Morgan fingerprint density at radius 2 is 1.91 bits per heavy atom. The molecule has 4 rings (SSSR count). The van der Waals surface area contributed by atoms with E-state index in [2.05, 4.69) is 11.1 Å². The molecule has 108 valence electrons. The molecule has 0 radical (unpaired) electrons. The molecular formula is C17H13N3O2. The number of hydrogen-bond acceptors (Lipinski definition) is 4. The Hall–Kier alpha value is -3.00. The third-order valence-electron chi connectivity index (χ3n) is 3.76. The van der Waals surface area contributed by atoms with Crippen molar-refractivity contribution in [1.82, 2.24) is 9.55 Å². The molecule has 0 amide bonds. The van der Waals surface area contributed by atoms with E-state index in [9.17, 15) is 5.26 Å². The van der Waals surface area contributed by atoms with Crippen LogP contribution in [0.2, 0.25) is 0 Å². The van der Waals surface area contributed by atoms with Crippen LogP contribution in [0.25, 0.3) is 11.0 Å². The lowest BCUT2D eigenvalue weighted by Crippen LogP contribution is -2.15.